The van der Waals surface area contributed by atoms with E-state index in [0.29, 0.717) is 25.7 Å². The Morgan fingerprint density at radius 1 is 0.354 bits per heavy atom. The number of esters is 3. The van der Waals surface area contributed by atoms with Crippen molar-refractivity contribution in [3.8, 4) is 0 Å². The third-order valence-corrected chi connectivity index (χ3v) is 15.2. The van der Waals surface area contributed by atoms with Gasteiger partial charge in [-0.05, 0) is 109 Å². The zero-order valence-corrected chi connectivity index (χ0v) is 53.6. The lowest BCUT2D eigenvalue weighted by molar-refractivity contribution is -0.161. The van der Waals surface area contributed by atoms with Crippen molar-refractivity contribution in [3.63, 3.8) is 0 Å². The van der Waals surface area contributed by atoms with Crippen molar-refractivity contribution in [1.29, 1.82) is 0 Å². The van der Waals surface area contributed by atoms with Crippen molar-refractivity contribution in [1.82, 2.24) is 0 Å². The van der Waals surface area contributed by atoms with Gasteiger partial charge in [0.25, 0.3) is 0 Å². The van der Waals surface area contributed by atoms with E-state index < -0.39 is 57.8 Å². The highest BCUT2D eigenvalue weighted by Gasteiger charge is 2.28. The van der Waals surface area contributed by atoms with Crippen LogP contribution >= 0.6 is 7.82 Å². The SMILES string of the molecule is CC/C=C\C/C=C\C/C=C\C/C=C\C/C=C\CCCC(=O)OCC(COP(=O)(O)OCC(CO)OC(=O)CCCCCCCCCCC/C=C\CCCCCCCC)OC(=O)CCCCCCCCCCC/C=C\CCCCCCCC. The molecule has 11 nitrogen and oxygen atoms in total. The molecule has 474 valence electrons. The third-order valence-electron chi connectivity index (χ3n) is 14.3. The van der Waals surface area contributed by atoms with Gasteiger partial charge in [0, 0.05) is 19.3 Å². The summed E-state index contributed by atoms with van der Waals surface area (Å²) in [6, 6.07) is 0. The molecule has 3 atom stereocenters. The van der Waals surface area contributed by atoms with Crippen LogP contribution in [-0.2, 0) is 42.2 Å². The molecule has 0 aliphatic rings. The Labute approximate surface area is 502 Å². The van der Waals surface area contributed by atoms with Gasteiger partial charge in [0.2, 0.25) is 0 Å². The summed E-state index contributed by atoms with van der Waals surface area (Å²) in [5.41, 5.74) is 0. The first-order chi connectivity index (χ1) is 40.2. The minimum Gasteiger partial charge on any atom is -0.462 e. The number of carbonyl (C=O) groups is 3. The smallest absolute Gasteiger partial charge is 0.462 e. The molecule has 0 heterocycles. The molecule has 0 saturated carbocycles. The predicted molar refractivity (Wildman–Crippen MR) is 344 cm³/mol. The molecule has 0 aromatic carbocycles. The van der Waals surface area contributed by atoms with Gasteiger partial charge in [-0.3, -0.25) is 23.4 Å². The summed E-state index contributed by atoms with van der Waals surface area (Å²) >= 11 is 0. The predicted octanol–water partition coefficient (Wildman–Crippen LogP) is 20.6. The number of ether oxygens (including phenoxy) is 3. The van der Waals surface area contributed by atoms with E-state index in [9.17, 15) is 28.9 Å². The largest absolute Gasteiger partial charge is 0.472 e. The Morgan fingerprint density at radius 2 is 0.646 bits per heavy atom. The van der Waals surface area contributed by atoms with Gasteiger partial charge in [0.1, 0.15) is 12.7 Å². The molecule has 0 saturated heterocycles. The number of phosphoric acid groups is 1. The molecule has 0 amide bonds. The van der Waals surface area contributed by atoms with E-state index in [1.807, 2.05) is 6.08 Å². The van der Waals surface area contributed by atoms with E-state index in [1.165, 1.54) is 167 Å². The van der Waals surface area contributed by atoms with Crippen LogP contribution in [0.5, 0.6) is 0 Å². The average Bonchev–Trinajstić information content (AvgIpc) is 3.47. The van der Waals surface area contributed by atoms with Crippen LogP contribution in [0.2, 0.25) is 0 Å². The van der Waals surface area contributed by atoms with E-state index in [0.717, 1.165) is 70.6 Å². The lowest BCUT2D eigenvalue weighted by Crippen LogP contribution is -2.30. The van der Waals surface area contributed by atoms with Crippen molar-refractivity contribution in [2.24, 2.45) is 0 Å². The van der Waals surface area contributed by atoms with Crippen LogP contribution in [0, 0.1) is 0 Å². The fraction of sp³-hybridized carbons (Fsp3) is 0.757. The van der Waals surface area contributed by atoms with Gasteiger partial charge in [0.05, 0.1) is 19.8 Å². The second-order valence-electron chi connectivity index (χ2n) is 22.2. The molecule has 0 aliphatic heterocycles. The van der Waals surface area contributed by atoms with Gasteiger partial charge < -0.3 is 24.2 Å². The first-order valence-electron chi connectivity index (χ1n) is 33.5. The Balaban J connectivity index is 4.73. The molecule has 0 spiro atoms. The maximum atomic E-state index is 13.0. The van der Waals surface area contributed by atoms with Crippen LogP contribution in [0.1, 0.15) is 303 Å². The Morgan fingerprint density at radius 3 is 1.02 bits per heavy atom. The fourth-order valence-corrected chi connectivity index (χ4v) is 9.99. The monoisotopic (exact) mass is 1170 g/mol. The van der Waals surface area contributed by atoms with Crippen molar-refractivity contribution >= 4 is 25.7 Å². The number of rotatable bonds is 62. The van der Waals surface area contributed by atoms with E-state index in [-0.39, 0.29) is 25.9 Å². The number of aliphatic hydroxyl groups excluding tert-OH is 1. The van der Waals surface area contributed by atoms with Crippen molar-refractivity contribution in [2.45, 2.75) is 315 Å². The summed E-state index contributed by atoms with van der Waals surface area (Å²) in [5.74, 6) is -1.53. The van der Waals surface area contributed by atoms with Crippen molar-refractivity contribution in [3.05, 3.63) is 85.1 Å². The zero-order chi connectivity index (χ0) is 59.8. The van der Waals surface area contributed by atoms with Crippen molar-refractivity contribution < 1.29 is 52.2 Å². The van der Waals surface area contributed by atoms with Gasteiger partial charge in [0.15, 0.2) is 6.10 Å². The number of carbonyl (C=O) groups excluding carboxylic acids is 3. The number of hydrogen-bond acceptors (Lipinski definition) is 10. The van der Waals surface area contributed by atoms with E-state index in [1.54, 1.807) is 0 Å². The van der Waals surface area contributed by atoms with E-state index >= 15 is 0 Å². The van der Waals surface area contributed by atoms with Gasteiger partial charge in [-0.15, -0.1) is 0 Å². The number of unbranched alkanes of at least 4 members (excludes halogenated alkanes) is 31. The molecule has 82 heavy (non-hydrogen) atoms. The molecule has 0 aromatic heterocycles. The van der Waals surface area contributed by atoms with Crippen molar-refractivity contribution in [2.75, 3.05) is 26.4 Å². The molecule has 0 radical (unpaired) electrons. The quantitative estimate of drug-likeness (QED) is 0.0197. The maximum Gasteiger partial charge on any atom is 0.472 e. The molecule has 0 rings (SSSR count). The summed E-state index contributed by atoms with van der Waals surface area (Å²) < 4.78 is 39.7. The second-order valence-corrected chi connectivity index (χ2v) is 23.7. The number of hydrogen-bond donors (Lipinski definition) is 2. The summed E-state index contributed by atoms with van der Waals surface area (Å²) in [7, 11) is -4.77. The lowest BCUT2D eigenvalue weighted by Gasteiger charge is -2.21. The van der Waals surface area contributed by atoms with E-state index in [2.05, 4.69) is 99.8 Å². The van der Waals surface area contributed by atoms with Crippen LogP contribution in [0.15, 0.2) is 85.1 Å². The zero-order valence-electron chi connectivity index (χ0n) is 52.7. The highest BCUT2D eigenvalue weighted by atomic mass is 31.2. The topological polar surface area (TPSA) is 155 Å². The molecular weight excluding hydrogens is 1050 g/mol. The van der Waals surface area contributed by atoms with Crippen LogP contribution in [0.3, 0.4) is 0 Å². The van der Waals surface area contributed by atoms with Gasteiger partial charge in [-0.25, -0.2) is 4.57 Å². The molecule has 2 N–H and O–H groups in total. The second kappa shape index (κ2) is 63.7. The summed E-state index contributed by atoms with van der Waals surface area (Å²) in [6.45, 7) is 4.51. The molecular formula is C70H123O11P. The molecule has 0 fully saturated rings. The van der Waals surface area contributed by atoms with Crippen LogP contribution in [0.25, 0.3) is 0 Å². The molecule has 3 unspecified atom stereocenters. The Hall–Kier alpha value is -3.34. The first kappa shape index (κ1) is 78.7. The normalized spacial score (nSPS) is 13.8. The van der Waals surface area contributed by atoms with Gasteiger partial charge >= 0.3 is 25.7 Å². The third kappa shape index (κ3) is 61.2. The molecule has 0 aliphatic carbocycles. The lowest BCUT2D eigenvalue weighted by atomic mass is 10.1. The van der Waals surface area contributed by atoms with Crippen LogP contribution in [-0.4, -0.2) is 66.5 Å². The molecule has 12 heteroatoms. The minimum atomic E-state index is -4.77. The highest BCUT2D eigenvalue weighted by Crippen LogP contribution is 2.43. The van der Waals surface area contributed by atoms with Crippen LogP contribution < -0.4 is 0 Å². The highest BCUT2D eigenvalue weighted by molar-refractivity contribution is 7.47. The first-order valence-corrected chi connectivity index (χ1v) is 35.0. The summed E-state index contributed by atoms with van der Waals surface area (Å²) in [5, 5.41) is 9.87. The number of aliphatic hydroxyl groups is 1. The standard InChI is InChI=1S/C70H123O11P/c1-4-7-10-13-16-19-22-25-28-31-33-36-39-42-45-48-51-54-57-60-69(73)80-66(62-71)64-78-82(75,76)79-65-67(63-77-68(72)59-56-53-50-47-44-41-38-35-30-27-24-21-18-15-12-9-6-3)81-70(74)61-58-55-52-49-46-43-40-37-34-32-29-26-23-20-17-14-11-8-5-2/h9,12,18,21,25-30,38,41,47,50,66-67,71H,4-8,10-11,13-17,19-20,22-24,31-37,39-40,42-46,48-49,51-65H2,1-3H3,(H,75,76)/b12-9-,21-18-,28-25-,29-26-,30-27-,41-38-,50-47-. The summed E-state index contributed by atoms with van der Waals surface area (Å²) in [6.07, 6.45) is 75.4. The molecule has 0 bridgehead atoms. The van der Waals surface area contributed by atoms with E-state index in [4.69, 9.17) is 23.3 Å². The molecule has 0 aromatic rings. The van der Waals surface area contributed by atoms with Crippen LogP contribution in [0.4, 0.5) is 0 Å². The average molecular weight is 1170 g/mol. The number of phosphoric ester groups is 1. The van der Waals surface area contributed by atoms with Gasteiger partial charge in [-0.2, -0.15) is 0 Å². The Kier molecular flexibility index (Phi) is 61.1. The minimum absolute atomic E-state index is 0.146. The summed E-state index contributed by atoms with van der Waals surface area (Å²) in [4.78, 5) is 48.8. The fourth-order valence-electron chi connectivity index (χ4n) is 9.21. The van der Waals surface area contributed by atoms with Gasteiger partial charge in [-0.1, -0.05) is 260 Å². The Bertz CT molecular complexity index is 1700. The number of allylic oxidation sites excluding steroid dienone is 14. The maximum absolute atomic E-state index is 13.0.